The van der Waals surface area contributed by atoms with Crippen LogP contribution in [-0.2, 0) is 0 Å². The standard InChI is InChI=1S/C16H12N2O/c1-11-4-2-9-18-15(11)16(19)13-7-6-12-5-3-8-17-14(12)10-13/h2-10H,1H3. The highest BCUT2D eigenvalue weighted by Gasteiger charge is 2.13. The highest BCUT2D eigenvalue weighted by molar-refractivity contribution is 6.09. The van der Waals surface area contributed by atoms with Gasteiger partial charge in [0.1, 0.15) is 5.69 Å². The van der Waals surface area contributed by atoms with Crippen LogP contribution in [0.5, 0.6) is 0 Å². The molecule has 0 saturated carbocycles. The first-order valence-electron chi connectivity index (χ1n) is 6.07. The summed E-state index contributed by atoms with van der Waals surface area (Å²) < 4.78 is 0. The lowest BCUT2D eigenvalue weighted by atomic mass is 10.0. The molecule has 3 nitrogen and oxygen atoms in total. The number of carbonyl (C=O) groups is 1. The summed E-state index contributed by atoms with van der Waals surface area (Å²) in [6, 6.07) is 13.1. The molecule has 0 aliphatic carbocycles. The number of fused-ring (bicyclic) bond motifs is 1. The minimum atomic E-state index is -0.0642. The normalized spacial score (nSPS) is 10.6. The van der Waals surface area contributed by atoms with Gasteiger partial charge in [0.25, 0.3) is 0 Å². The van der Waals surface area contributed by atoms with Crippen molar-refractivity contribution in [1.29, 1.82) is 0 Å². The molecule has 92 valence electrons. The van der Waals surface area contributed by atoms with Gasteiger partial charge in [-0.1, -0.05) is 24.3 Å². The van der Waals surface area contributed by atoms with Gasteiger partial charge in [-0.2, -0.15) is 0 Å². The Morgan fingerprint density at radius 1 is 1.00 bits per heavy atom. The lowest BCUT2D eigenvalue weighted by Gasteiger charge is -2.04. The van der Waals surface area contributed by atoms with Crippen LogP contribution in [-0.4, -0.2) is 15.8 Å². The lowest BCUT2D eigenvalue weighted by molar-refractivity contribution is 0.103. The van der Waals surface area contributed by atoms with Crippen LogP contribution in [0.25, 0.3) is 10.9 Å². The molecule has 0 aliphatic rings. The summed E-state index contributed by atoms with van der Waals surface area (Å²) in [4.78, 5) is 20.9. The Kier molecular flexibility index (Phi) is 2.80. The average molecular weight is 248 g/mol. The van der Waals surface area contributed by atoms with E-state index in [1.807, 2.05) is 49.4 Å². The predicted molar refractivity (Wildman–Crippen MR) is 74.1 cm³/mol. The molecule has 0 aliphatic heterocycles. The highest BCUT2D eigenvalue weighted by atomic mass is 16.1. The molecule has 0 unspecified atom stereocenters. The van der Waals surface area contributed by atoms with Crippen LogP contribution in [0.1, 0.15) is 21.6 Å². The molecule has 0 fully saturated rings. The molecular formula is C16H12N2O. The maximum Gasteiger partial charge on any atom is 0.211 e. The van der Waals surface area contributed by atoms with E-state index in [1.165, 1.54) is 0 Å². The van der Waals surface area contributed by atoms with Crippen molar-refractivity contribution in [3.05, 3.63) is 71.7 Å². The Morgan fingerprint density at radius 3 is 2.63 bits per heavy atom. The van der Waals surface area contributed by atoms with Crippen molar-refractivity contribution >= 4 is 16.7 Å². The first-order chi connectivity index (χ1) is 9.25. The van der Waals surface area contributed by atoms with Gasteiger partial charge >= 0.3 is 0 Å². The Morgan fingerprint density at radius 2 is 1.79 bits per heavy atom. The van der Waals surface area contributed by atoms with Gasteiger partial charge in [0.2, 0.25) is 5.78 Å². The summed E-state index contributed by atoms with van der Waals surface area (Å²) in [6.45, 7) is 1.89. The minimum Gasteiger partial charge on any atom is -0.287 e. The molecule has 0 saturated heterocycles. The number of benzene rings is 1. The van der Waals surface area contributed by atoms with Gasteiger partial charge in [-0.05, 0) is 30.7 Å². The van der Waals surface area contributed by atoms with Crippen LogP contribution in [0.2, 0.25) is 0 Å². The summed E-state index contributed by atoms with van der Waals surface area (Å²) in [5, 5.41) is 1.02. The molecule has 0 bridgehead atoms. The monoisotopic (exact) mass is 248 g/mol. The fourth-order valence-electron chi connectivity index (χ4n) is 2.07. The Balaban J connectivity index is 2.09. The zero-order chi connectivity index (χ0) is 13.2. The third kappa shape index (κ3) is 2.10. The molecule has 2 heterocycles. The highest BCUT2D eigenvalue weighted by Crippen LogP contribution is 2.17. The van der Waals surface area contributed by atoms with Gasteiger partial charge in [0, 0.05) is 23.3 Å². The predicted octanol–water partition coefficient (Wildman–Crippen LogP) is 3.17. The number of nitrogens with zero attached hydrogens (tertiary/aromatic N) is 2. The minimum absolute atomic E-state index is 0.0642. The maximum atomic E-state index is 12.4. The van der Waals surface area contributed by atoms with Crippen LogP contribution in [0.4, 0.5) is 0 Å². The van der Waals surface area contributed by atoms with Crippen LogP contribution >= 0.6 is 0 Å². The molecule has 19 heavy (non-hydrogen) atoms. The van der Waals surface area contributed by atoms with Crippen molar-refractivity contribution in [2.75, 3.05) is 0 Å². The first kappa shape index (κ1) is 11.5. The third-order valence-corrected chi connectivity index (χ3v) is 3.09. The van der Waals surface area contributed by atoms with Crippen molar-refractivity contribution in [1.82, 2.24) is 9.97 Å². The molecule has 2 aromatic heterocycles. The van der Waals surface area contributed by atoms with E-state index in [1.54, 1.807) is 12.4 Å². The number of carbonyl (C=O) groups excluding carboxylic acids is 1. The van der Waals surface area contributed by atoms with E-state index in [2.05, 4.69) is 9.97 Å². The number of ketones is 1. The van der Waals surface area contributed by atoms with Crippen LogP contribution in [0.15, 0.2) is 54.9 Å². The van der Waals surface area contributed by atoms with Crippen LogP contribution in [0, 0.1) is 6.92 Å². The average Bonchev–Trinajstić information content (AvgIpc) is 2.46. The number of aryl methyl sites for hydroxylation is 1. The van der Waals surface area contributed by atoms with Crippen molar-refractivity contribution in [2.24, 2.45) is 0 Å². The van der Waals surface area contributed by atoms with Crippen molar-refractivity contribution in [2.45, 2.75) is 6.92 Å². The van der Waals surface area contributed by atoms with E-state index in [0.717, 1.165) is 16.5 Å². The number of hydrogen-bond donors (Lipinski definition) is 0. The molecule has 1 aromatic carbocycles. The molecule has 3 rings (SSSR count). The Bertz CT molecular complexity index is 765. The summed E-state index contributed by atoms with van der Waals surface area (Å²) in [5.74, 6) is -0.0642. The summed E-state index contributed by atoms with van der Waals surface area (Å²) in [6.07, 6.45) is 3.36. The van der Waals surface area contributed by atoms with E-state index < -0.39 is 0 Å². The fourth-order valence-corrected chi connectivity index (χ4v) is 2.07. The van der Waals surface area contributed by atoms with Crippen LogP contribution < -0.4 is 0 Å². The van der Waals surface area contributed by atoms with E-state index in [-0.39, 0.29) is 5.78 Å². The molecule has 0 amide bonds. The van der Waals surface area contributed by atoms with E-state index in [4.69, 9.17) is 0 Å². The first-order valence-corrected chi connectivity index (χ1v) is 6.07. The van der Waals surface area contributed by atoms with Gasteiger partial charge < -0.3 is 0 Å². The largest absolute Gasteiger partial charge is 0.287 e. The molecule has 3 aromatic rings. The Labute approximate surface area is 111 Å². The van der Waals surface area contributed by atoms with Gasteiger partial charge in [0.15, 0.2) is 0 Å². The third-order valence-electron chi connectivity index (χ3n) is 3.09. The smallest absolute Gasteiger partial charge is 0.211 e. The SMILES string of the molecule is Cc1cccnc1C(=O)c1ccc2cccnc2c1. The molecule has 0 atom stereocenters. The topological polar surface area (TPSA) is 42.9 Å². The number of pyridine rings is 2. The van der Waals surface area contributed by atoms with Gasteiger partial charge in [-0.3, -0.25) is 14.8 Å². The van der Waals surface area contributed by atoms with Crippen molar-refractivity contribution in [3.8, 4) is 0 Å². The lowest BCUT2D eigenvalue weighted by Crippen LogP contribution is -2.06. The fraction of sp³-hybridized carbons (Fsp3) is 0.0625. The number of aromatic nitrogens is 2. The van der Waals surface area contributed by atoms with E-state index in [9.17, 15) is 4.79 Å². The zero-order valence-corrected chi connectivity index (χ0v) is 10.5. The summed E-state index contributed by atoms with van der Waals surface area (Å²) >= 11 is 0. The second kappa shape index (κ2) is 4.61. The quantitative estimate of drug-likeness (QED) is 0.654. The van der Waals surface area contributed by atoms with Crippen molar-refractivity contribution in [3.63, 3.8) is 0 Å². The number of hydrogen-bond acceptors (Lipinski definition) is 3. The molecule has 0 radical (unpaired) electrons. The molecule has 0 spiro atoms. The van der Waals surface area contributed by atoms with Crippen molar-refractivity contribution < 1.29 is 4.79 Å². The summed E-state index contributed by atoms with van der Waals surface area (Å²) in [7, 11) is 0. The number of rotatable bonds is 2. The van der Waals surface area contributed by atoms with Gasteiger partial charge in [-0.25, -0.2) is 0 Å². The van der Waals surface area contributed by atoms with Gasteiger partial charge in [-0.15, -0.1) is 0 Å². The zero-order valence-electron chi connectivity index (χ0n) is 10.5. The van der Waals surface area contributed by atoms with E-state index in [0.29, 0.717) is 11.3 Å². The molecule has 0 N–H and O–H groups in total. The second-order valence-corrected chi connectivity index (χ2v) is 4.41. The molecule has 3 heteroatoms. The maximum absolute atomic E-state index is 12.4. The van der Waals surface area contributed by atoms with Crippen LogP contribution in [0.3, 0.4) is 0 Å². The molecular weight excluding hydrogens is 236 g/mol. The summed E-state index contributed by atoms with van der Waals surface area (Å²) in [5.41, 5.74) is 2.82. The second-order valence-electron chi connectivity index (χ2n) is 4.41. The van der Waals surface area contributed by atoms with E-state index >= 15 is 0 Å². The van der Waals surface area contributed by atoms with Gasteiger partial charge in [0.05, 0.1) is 5.52 Å². The Hall–Kier alpha value is -2.55.